The first-order chi connectivity index (χ1) is 5.66. The summed E-state index contributed by atoms with van der Waals surface area (Å²) in [5.74, 6) is 0.350. The highest BCUT2D eigenvalue weighted by molar-refractivity contribution is 6.18. The highest BCUT2D eigenvalue weighted by Gasteiger charge is 2.02. The van der Waals surface area contributed by atoms with Crippen molar-refractivity contribution in [3.05, 3.63) is 12.2 Å². The molecule has 0 amide bonds. The van der Waals surface area contributed by atoms with Crippen molar-refractivity contribution in [3.63, 3.8) is 0 Å². The van der Waals surface area contributed by atoms with Crippen LogP contribution < -0.4 is 0 Å². The third-order valence-corrected chi connectivity index (χ3v) is 1.32. The fourth-order valence-corrected chi connectivity index (χ4v) is 0.830. The van der Waals surface area contributed by atoms with E-state index in [-0.39, 0.29) is 12.1 Å². The van der Waals surface area contributed by atoms with Crippen LogP contribution in [0.15, 0.2) is 12.2 Å². The lowest BCUT2D eigenvalue weighted by atomic mass is 10.3. The fourth-order valence-electron chi connectivity index (χ4n) is 0.704. The van der Waals surface area contributed by atoms with Gasteiger partial charge in [-0.25, -0.2) is 0 Å². The first-order valence-electron chi connectivity index (χ1n) is 4.07. The highest BCUT2D eigenvalue weighted by Crippen LogP contribution is 1.98. The maximum atomic E-state index is 10.9. The molecular formula is C9H15ClO2. The monoisotopic (exact) mass is 190 g/mol. The Hall–Kier alpha value is -0.500. The van der Waals surface area contributed by atoms with Crippen LogP contribution in [0.25, 0.3) is 0 Å². The molecule has 70 valence electrons. The number of halogens is 1. The van der Waals surface area contributed by atoms with Crippen molar-refractivity contribution < 1.29 is 9.53 Å². The number of esters is 1. The molecule has 0 atom stereocenters. The van der Waals surface area contributed by atoms with Gasteiger partial charge in [-0.15, -0.1) is 11.6 Å². The largest absolute Gasteiger partial charge is 0.463 e. The average Bonchev–Trinajstić information content (AvgIpc) is 1.97. The molecule has 0 aromatic rings. The van der Waals surface area contributed by atoms with Crippen molar-refractivity contribution in [1.82, 2.24) is 0 Å². The lowest BCUT2D eigenvalue weighted by molar-refractivity contribution is -0.147. The third kappa shape index (κ3) is 7.61. The van der Waals surface area contributed by atoms with Crippen LogP contribution in [0.4, 0.5) is 0 Å². The van der Waals surface area contributed by atoms with Gasteiger partial charge in [-0.1, -0.05) is 12.2 Å². The van der Waals surface area contributed by atoms with E-state index in [1.165, 1.54) is 0 Å². The van der Waals surface area contributed by atoms with E-state index in [0.717, 1.165) is 0 Å². The molecule has 0 spiro atoms. The number of allylic oxidation sites excluding steroid dienone is 2. The van der Waals surface area contributed by atoms with Gasteiger partial charge in [-0.05, 0) is 20.3 Å². The first kappa shape index (κ1) is 11.5. The summed E-state index contributed by atoms with van der Waals surface area (Å²) in [5.41, 5.74) is 0. The molecule has 0 aliphatic rings. The number of hydrogen-bond donors (Lipinski definition) is 0. The van der Waals surface area contributed by atoms with Gasteiger partial charge in [0, 0.05) is 12.3 Å². The van der Waals surface area contributed by atoms with Crippen LogP contribution in [0.2, 0.25) is 0 Å². The lowest BCUT2D eigenvalue weighted by Crippen LogP contribution is -2.10. The molecule has 0 heterocycles. The molecule has 0 saturated carbocycles. The fraction of sp³-hybridized carbons (Fsp3) is 0.667. The van der Waals surface area contributed by atoms with Crippen molar-refractivity contribution in [1.29, 1.82) is 0 Å². The Morgan fingerprint density at radius 3 is 2.67 bits per heavy atom. The summed E-state index contributed by atoms with van der Waals surface area (Å²) in [7, 11) is 0. The summed E-state index contributed by atoms with van der Waals surface area (Å²) < 4.78 is 4.92. The van der Waals surface area contributed by atoms with E-state index < -0.39 is 0 Å². The quantitative estimate of drug-likeness (QED) is 0.378. The third-order valence-electron chi connectivity index (χ3n) is 1.14. The van der Waals surface area contributed by atoms with Gasteiger partial charge in [-0.3, -0.25) is 4.79 Å². The minimum atomic E-state index is -0.149. The Morgan fingerprint density at radius 1 is 1.50 bits per heavy atom. The Kier molecular flexibility index (Phi) is 6.87. The molecule has 0 rings (SSSR count). The van der Waals surface area contributed by atoms with Crippen molar-refractivity contribution in [2.45, 2.75) is 32.8 Å². The number of ether oxygens (including phenoxy) is 1. The van der Waals surface area contributed by atoms with Crippen LogP contribution in [0.5, 0.6) is 0 Å². The van der Waals surface area contributed by atoms with E-state index in [1.54, 1.807) is 0 Å². The zero-order valence-corrected chi connectivity index (χ0v) is 8.30. The number of carbonyl (C=O) groups is 1. The van der Waals surface area contributed by atoms with Gasteiger partial charge in [0.1, 0.15) is 0 Å². The van der Waals surface area contributed by atoms with Crippen LogP contribution in [-0.2, 0) is 9.53 Å². The van der Waals surface area contributed by atoms with Gasteiger partial charge in [0.2, 0.25) is 0 Å². The van der Waals surface area contributed by atoms with Gasteiger partial charge < -0.3 is 4.74 Å². The molecule has 0 aromatic heterocycles. The minimum Gasteiger partial charge on any atom is -0.463 e. The number of carbonyl (C=O) groups excluding carboxylic acids is 1. The van der Waals surface area contributed by atoms with E-state index in [0.29, 0.717) is 18.7 Å². The summed E-state index contributed by atoms with van der Waals surface area (Å²) in [4.78, 5) is 10.9. The van der Waals surface area contributed by atoms with Crippen LogP contribution in [0.3, 0.4) is 0 Å². The standard InChI is InChI=1S/C9H15ClO2/c1-8(2)12-9(11)6-4-3-5-7-10/h3,5,8H,4,6-7H2,1-2H3. The van der Waals surface area contributed by atoms with Crippen molar-refractivity contribution in [2.75, 3.05) is 5.88 Å². The molecule has 0 fully saturated rings. The molecular weight excluding hydrogens is 176 g/mol. The van der Waals surface area contributed by atoms with Gasteiger partial charge in [-0.2, -0.15) is 0 Å². The number of rotatable bonds is 5. The molecule has 0 aliphatic heterocycles. The number of hydrogen-bond acceptors (Lipinski definition) is 2. The maximum absolute atomic E-state index is 10.9. The van der Waals surface area contributed by atoms with E-state index in [1.807, 2.05) is 26.0 Å². The second-order valence-electron chi connectivity index (χ2n) is 2.70. The van der Waals surface area contributed by atoms with Gasteiger partial charge >= 0.3 is 5.97 Å². The van der Waals surface area contributed by atoms with E-state index in [9.17, 15) is 4.79 Å². The Morgan fingerprint density at radius 2 is 2.17 bits per heavy atom. The molecule has 0 radical (unpaired) electrons. The molecule has 0 saturated heterocycles. The predicted octanol–water partition coefficient (Wildman–Crippen LogP) is 2.51. The lowest BCUT2D eigenvalue weighted by Gasteiger charge is -2.05. The zero-order chi connectivity index (χ0) is 9.40. The molecule has 0 unspecified atom stereocenters. The van der Waals surface area contributed by atoms with Crippen LogP contribution in [0.1, 0.15) is 26.7 Å². The van der Waals surface area contributed by atoms with Crippen molar-refractivity contribution in [3.8, 4) is 0 Å². The molecule has 0 bridgehead atoms. The SMILES string of the molecule is CC(C)OC(=O)CCC=CCCl. The molecule has 12 heavy (non-hydrogen) atoms. The Balaban J connectivity index is 3.38. The van der Waals surface area contributed by atoms with E-state index in [4.69, 9.17) is 16.3 Å². The van der Waals surface area contributed by atoms with E-state index >= 15 is 0 Å². The Bertz CT molecular complexity index is 153. The van der Waals surface area contributed by atoms with Crippen LogP contribution in [-0.4, -0.2) is 18.0 Å². The topological polar surface area (TPSA) is 26.3 Å². The van der Waals surface area contributed by atoms with E-state index in [2.05, 4.69) is 0 Å². The summed E-state index contributed by atoms with van der Waals surface area (Å²) in [6.45, 7) is 3.68. The molecule has 2 nitrogen and oxygen atoms in total. The van der Waals surface area contributed by atoms with Gasteiger partial charge in [0.15, 0.2) is 0 Å². The number of alkyl halides is 1. The second kappa shape index (κ2) is 7.17. The molecule has 0 aliphatic carbocycles. The summed E-state index contributed by atoms with van der Waals surface area (Å²) in [6, 6.07) is 0. The van der Waals surface area contributed by atoms with Crippen molar-refractivity contribution in [2.24, 2.45) is 0 Å². The van der Waals surface area contributed by atoms with Crippen LogP contribution in [0, 0.1) is 0 Å². The van der Waals surface area contributed by atoms with Gasteiger partial charge in [0.25, 0.3) is 0 Å². The predicted molar refractivity (Wildman–Crippen MR) is 50.3 cm³/mol. The van der Waals surface area contributed by atoms with Crippen molar-refractivity contribution >= 4 is 17.6 Å². The average molecular weight is 191 g/mol. The highest BCUT2D eigenvalue weighted by atomic mass is 35.5. The normalized spacial score (nSPS) is 11.0. The molecule has 0 N–H and O–H groups in total. The van der Waals surface area contributed by atoms with Gasteiger partial charge in [0.05, 0.1) is 6.10 Å². The molecule has 0 aromatic carbocycles. The molecule has 3 heteroatoms. The van der Waals surface area contributed by atoms with Crippen LogP contribution >= 0.6 is 11.6 Å². The summed E-state index contributed by atoms with van der Waals surface area (Å²) in [5, 5.41) is 0. The smallest absolute Gasteiger partial charge is 0.306 e. The minimum absolute atomic E-state index is 0.0190. The second-order valence-corrected chi connectivity index (χ2v) is 3.01. The summed E-state index contributed by atoms with van der Waals surface area (Å²) >= 11 is 5.40. The maximum Gasteiger partial charge on any atom is 0.306 e. The summed E-state index contributed by atoms with van der Waals surface area (Å²) in [6.07, 6.45) is 4.83. The zero-order valence-electron chi connectivity index (χ0n) is 7.55. The Labute approximate surface area is 78.5 Å². The first-order valence-corrected chi connectivity index (χ1v) is 4.60.